The smallest absolute Gasteiger partial charge is 0.328 e. The molecule has 106 valence electrons. The van der Waals surface area contributed by atoms with E-state index in [-0.39, 0.29) is 11.5 Å². The zero-order valence-corrected chi connectivity index (χ0v) is 11.3. The van der Waals surface area contributed by atoms with Crippen LogP contribution in [-0.4, -0.2) is 28.6 Å². The number of carbonyl (C=O) groups is 1. The Morgan fingerprint density at radius 2 is 2.30 bits per heavy atom. The van der Waals surface area contributed by atoms with Crippen LogP contribution in [0.1, 0.15) is 13.8 Å². The van der Waals surface area contributed by atoms with Crippen LogP contribution in [0.5, 0.6) is 0 Å². The summed E-state index contributed by atoms with van der Waals surface area (Å²) in [6.07, 6.45) is 1.32. The third-order valence-corrected chi connectivity index (χ3v) is 2.82. The number of benzene rings is 1. The van der Waals surface area contributed by atoms with Gasteiger partial charge >= 0.3 is 5.97 Å². The number of nitrogens with one attached hydrogen (secondary N) is 2. The molecule has 0 aliphatic heterocycles. The van der Waals surface area contributed by atoms with Gasteiger partial charge < -0.3 is 20.8 Å². The number of aromatic amines is 1. The minimum Gasteiger partial charge on any atom is -0.464 e. The molecule has 2 aromatic rings. The van der Waals surface area contributed by atoms with Crippen molar-refractivity contribution in [2.24, 2.45) is 0 Å². The Balaban J connectivity index is 2.33. The van der Waals surface area contributed by atoms with Crippen molar-refractivity contribution in [3.05, 3.63) is 28.8 Å². The Morgan fingerprint density at radius 1 is 1.55 bits per heavy atom. The number of esters is 1. The van der Waals surface area contributed by atoms with Gasteiger partial charge in [0.2, 0.25) is 0 Å². The van der Waals surface area contributed by atoms with Crippen molar-refractivity contribution >= 4 is 28.2 Å². The standard InChI is InChI=1S/C13H16N4O3/c1-3-20-13(19)7(2)17-11-5-10-8(4-9(11)14)12(18)16-6-15-10/h4-7,17H,3,14H2,1-2H3,(H,15,16,18). The number of nitrogens with two attached hydrogens (primary N) is 1. The molecule has 0 aliphatic carbocycles. The molecule has 1 unspecified atom stereocenters. The number of hydrogen-bond donors (Lipinski definition) is 3. The number of aromatic nitrogens is 2. The number of H-pyrrole nitrogens is 1. The second-order valence-corrected chi connectivity index (χ2v) is 4.31. The number of hydrogen-bond acceptors (Lipinski definition) is 6. The van der Waals surface area contributed by atoms with E-state index in [1.807, 2.05) is 0 Å². The first-order valence-electron chi connectivity index (χ1n) is 6.23. The topological polar surface area (TPSA) is 110 Å². The minimum absolute atomic E-state index is 0.258. The molecule has 20 heavy (non-hydrogen) atoms. The minimum atomic E-state index is -0.545. The lowest BCUT2D eigenvalue weighted by Crippen LogP contribution is -2.28. The summed E-state index contributed by atoms with van der Waals surface area (Å²) in [5, 5.41) is 3.36. The Bertz CT molecular complexity index is 696. The molecule has 1 aromatic heterocycles. The van der Waals surface area contributed by atoms with Crippen molar-refractivity contribution in [1.29, 1.82) is 0 Å². The summed E-state index contributed by atoms with van der Waals surface area (Å²) >= 11 is 0. The average Bonchev–Trinajstić information content (AvgIpc) is 2.41. The maximum Gasteiger partial charge on any atom is 0.328 e. The fourth-order valence-electron chi connectivity index (χ4n) is 1.82. The summed E-state index contributed by atoms with van der Waals surface area (Å²) < 4.78 is 4.91. The second-order valence-electron chi connectivity index (χ2n) is 4.31. The largest absolute Gasteiger partial charge is 0.464 e. The lowest BCUT2D eigenvalue weighted by Gasteiger charge is -2.15. The number of fused-ring (bicyclic) bond motifs is 1. The van der Waals surface area contributed by atoms with E-state index in [1.165, 1.54) is 12.4 Å². The van der Waals surface area contributed by atoms with E-state index in [0.29, 0.717) is 28.9 Å². The molecule has 0 saturated carbocycles. The Morgan fingerprint density at radius 3 is 3.00 bits per heavy atom. The van der Waals surface area contributed by atoms with Gasteiger partial charge in [0.05, 0.1) is 35.2 Å². The van der Waals surface area contributed by atoms with Crippen LogP contribution in [0.4, 0.5) is 11.4 Å². The molecule has 7 nitrogen and oxygen atoms in total. The zero-order valence-electron chi connectivity index (χ0n) is 11.3. The third-order valence-electron chi connectivity index (χ3n) is 2.82. The van der Waals surface area contributed by atoms with Gasteiger partial charge in [0, 0.05) is 0 Å². The number of carbonyl (C=O) groups excluding carboxylic acids is 1. The van der Waals surface area contributed by atoms with Crippen LogP contribution in [-0.2, 0) is 9.53 Å². The maximum absolute atomic E-state index is 11.6. The van der Waals surface area contributed by atoms with E-state index >= 15 is 0 Å². The molecule has 2 rings (SSSR count). The average molecular weight is 276 g/mol. The highest BCUT2D eigenvalue weighted by molar-refractivity contribution is 5.89. The summed E-state index contributed by atoms with van der Waals surface area (Å²) in [6.45, 7) is 3.73. The third kappa shape index (κ3) is 2.71. The molecule has 0 spiro atoms. The van der Waals surface area contributed by atoms with Gasteiger partial charge in [0.25, 0.3) is 5.56 Å². The van der Waals surface area contributed by atoms with Gasteiger partial charge in [-0.05, 0) is 26.0 Å². The van der Waals surface area contributed by atoms with Gasteiger partial charge in [0.1, 0.15) is 6.04 Å². The molecular formula is C13H16N4O3. The highest BCUT2D eigenvalue weighted by atomic mass is 16.5. The van der Waals surface area contributed by atoms with Crippen LogP contribution in [0.3, 0.4) is 0 Å². The van der Waals surface area contributed by atoms with E-state index < -0.39 is 6.04 Å². The summed E-state index contributed by atoms with van der Waals surface area (Å²) in [7, 11) is 0. The van der Waals surface area contributed by atoms with E-state index in [1.54, 1.807) is 19.9 Å². The highest BCUT2D eigenvalue weighted by Gasteiger charge is 2.15. The van der Waals surface area contributed by atoms with E-state index in [2.05, 4.69) is 15.3 Å². The van der Waals surface area contributed by atoms with E-state index in [4.69, 9.17) is 10.5 Å². The number of nitrogen functional groups attached to an aromatic ring is 1. The van der Waals surface area contributed by atoms with Crippen molar-refractivity contribution in [2.75, 3.05) is 17.7 Å². The quantitative estimate of drug-likeness (QED) is 0.564. The van der Waals surface area contributed by atoms with Crippen molar-refractivity contribution in [3.8, 4) is 0 Å². The lowest BCUT2D eigenvalue weighted by molar-refractivity contribution is -0.143. The van der Waals surface area contributed by atoms with Crippen molar-refractivity contribution in [1.82, 2.24) is 9.97 Å². The summed E-state index contributed by atoms with van der Waals surface area (Å²) in [4.78, 5) is 29.7. The van der Waals surface area contributed by atoms with Gasteiger partial charge in [-0.15, -0.1) is 0 Å². The highest BCUT2D eigenvalue weighted by Crippen LogP contribution is 2.23. The predicted molar refractivity (Wildman–Crippen MR) is 76.5 cm³/mol. The van der Waals surface area contributed by atoms with Crippen molar-refractivity contribution in [2.45, 2.75) is 19.9 Å². The molecule has 0 fully saturated rings. The first-order chi connectivity index (χ1) is 9.52. The van der Waals surface area contributed by atoms with Crippen LogP contribution in [0, 0.1) is 0 Å². The molecule has 0 amide bonds. The van der Waals surface area contributed by atoms with Crippen LogP contribution in [0.25, 0.3) is 10.9 Å². The molecule has 1 atom stereocenters. The maximum atomic E-state index is 11.6. The first-order valence-corrected chi connectivity index (χ1v) is 6.23. The number of anilines is 2. The molecular weight excluding hydrogens is 260 g/mol. The fraction of sp³-hybridized carbons (Fsp3) is 0.308. The van der Waals surface area contributed by atoms with Gasteiger partial charge in [-0.25, -0.2) is 9.78 Å². The molecule has 1 aromatic carbocycles. The fourth-order valence-corrected chi connectivity index (χ4v) is 1.82. The van der Waals surface area contributed by atoms with Gasteiger partial charge in [-0.2, -0.15) is 0 Å². The van der Waals surface area contributed by atoms with Crippen molar-refractivity contribution < 1.29 is 9.53 Å². The lowest BCUT2D eigenvalue weighted by atomic mass is 10.1. The van der Waals surface area contributed by atoms with Crippen LogP contribution < -0.4 is 16.6 Å². The molecule has 0 radical (unpaired) electrons. The Kier molecular flexibility index (Phi) is 3.88. The Hall–Kier alpha value is -2.57. The zero-order chi connectivity index (χ0) is 14.7. The number of rotatable bonds is 4. The van der Waals surface area contributed by atoms with E-state index in [0.717, 1.165) is 0 Å². The van der Waals surface area contributed by atoms with Gasteiger partial charge in [-0.1, -0.05) is 0 Å². The second kappa shape index (κ2) is 5.60. The molecule has 0 saturated heterocycles. The van der Waals surface area contributed by atoms with Crippen LogP contribution >= 0.6 is 0 Å². The summed E-state index contributed by atoms with van der Waals surface area (Å²) in [5.41, 5.74) is 7.03. The van der Waals surface area contributed by atoms with Crippen molar-refractivity contribution in [3.63, 3.8) is 0 Å². The van der Waals surface area contributed by atoms with Crippen LogP contribution in [0.2, 0.25) is 0 Å². The first kappa shape index (κ1) is 13.9. The Labute approximate surface area is 115 Å². The molecule has 0 aliphatic rings. The molecule has 1 heterocycles. The van der Waals surface area contributed by atoms with Gasteiger partial charge in [-0.3, -0.25) is 4.79 Å². The molecule has 0 bridgehead atoms. The summed E-state index contributed by atoms with van der Waals surface area (Å²) in [6, 6.07) is 2.62. The van der Waals surface area contributed by atoms with Gasteiger partial charge in [0.15, 0.2) is 0 Å². The molecule has 4 N–H and O–H groups in total. The number of ether oxygens (including phenoxy) is 1. The van der Waals surface area contributed by atoms with Crippen LogP contribution in [0.15, 0.2) is 23.3 Å². The summed E-state index contributed by atoms with van der Waals surface area (Å²) in [5.74, 6) is -0.370. The molecule has 7 heteroatoms. The SMILES string of the molecule is CCOC(=O)C(C)Nc1cc2nc[nH]c(=O)c2cc1N. The predicted octanol–water partition coefficient (Wildman–Crippen LogP) is 0.869. The van der Waals surface area contributed by atoms with E-state index in [9.17, 15) is 9.59 Å². The monoisotopic (exact) mass is 276 g/mol. The normalized spacial score (nSPS) is 12.1. The number of nitrogens with zero attached hydrogens (tertiary/aromatic N) is 1.